The van der Waals surface area contributed by atoms with E-state index in [9.17, 15) is 13.9 Å². The van der Waals surface area contributed by atoms with Gasteiger partial charge in [-0.1, -0.05) is 30.3 Å². The number of nitrogens with one attached hydrogen (secondary N) is 1. The second kappa shape index (κ2) is 4.32. The van der Waals surface area contributed by atoms with Crippen LogP contribution >= 0.6 is 0 Å². The maximum Gasteiger partial charge on any atom is 0.140 e. The topological polar surface area (TPSA) is 72.4 Å². The molecule has 66 valence electrons. The Morgan fingerprint density at radius 2 is 2.00 bits per heavy atom. The first-order valence-corrected chi connectivity index (χ1v) is 4.36. The average Bonchev–Trinajstić information content (AvgIpc) is 2.05. The number of rotatable bonds is 3. The van der Waals surface area contributed by atoms with Crippen LogP contribution in [0.15, 0.2) is 30.3 Å². The maximum absolute atomic E-state index is 10.1. The normalized spacial score (nSPS) is 15.5. The van der Waals surface area contributed by atoms with Gasteiger partial charge < -0.3 is 9.66 Å². The molecule has 2 unspecified atom stereocenters. The SMILES string of the molecule is O=S([O-])NC(O)c1ccccc1. The number of hydrogen-bond acceptors (Lipinski definition) is 3. The minimum absolute atomic E-state index is 0.515. The molecule has 0 aliphatic rings. The molecule has 0 radical (unpaired) electrons. The molecule has 2 N–H and O–H groups in total. The van der Waals surface area contributed by atoms with Gasteiger partial charge in [-0.05, 0) is 5.56 Å². The van der Waals surface area contributed by atoms with Crippen LogP contribution in [0.25, 0.3) is 0 Å². The Morgan fingerprint density at radius 1 is 1.42 bits per heavy atom. The van der Waals surface area contributed by atoms with E-state index in [4.69, 9.17) is 0 Å². The number of aliphatic hydroxyl groups is 1. The van der Waals surface area contributed by atoms with Crippen molar-refractivity contribution in [2.75, 3.05) is 0 Å². The van der Waals surface area contributed by atoms with E-state index < -0.39 is 17.5 Å². The molecule has 0 bridgehead atoms. The van der Waals surface area contributed by atoms with Crippen LogP contribution in [-0.2, 0) is 11.3 Å². The molecule has 0 aliphatic heterocycles. The van der Waals surface area contributed by atoms with Gasteiger partial charge in [0.05, 0.1) is 0 Å². The summed E-state index contributed by atoms with van der Waals surface area (Å²) in [5.74, 6) is 0. The van der Waals surface area contributed by atoms with E-state index in [-0.39, 0.29) is 0 Å². The number of aliphatic hydroxyl groups excluding tert-OH is 1. The minimum atomic E-state index is -2.45. The zero-order chi connectivity index (χ0) is 8.97. The third-order valence-corrected chi connectivity index (χ3v) is 1.74. The molecule has 0 spiro atoms. The van der Waals surface area contributed by atoms with Crippen molar-refractivity contribution < 1.29 is 13.9 Å². The van der Waals surface area contributed by atoms with Crippen LogP contribution < -0.4 is 4.72 Å². The Hall–Kier alpha value is -0.750. The van der Waals surface area contributed by atoms with E-state index in [1.807, 2.05) is 4.72 Å². The third-order valence-electron chi connectivity index (χ3n) is 1.32. The summed E-state index contributed by atoms with van der Waals surface area (Å²) in [7, 11) is 0. The highest BCUT2D eigenvalue weighted by Gasteiger charge is 2.03. The Kier molecular flexibility index (Phi) is 3.36. The van der Waals surface area contributed by atoms with E-state index >= 15 is 0 Å². The van der Waals surface area contributed by atoms with Gasteiger partial charge in [0.25, 0.3) is 0 Å². The standard InChI is InChI=1S/C7H9NO3S/c9-7(8-12(10)11)6-4-2-1-3-5-6/h1-5,7-9H,(H,10,11)/p-1. The summed E-state index contributed by atoms with van der Waals surface area (Å²) >= 11 is -2.45. The van der Waals surface area contributed by atoms with Gasteiger partial charge in [0, 0.05) is 11.3 Å². The Morgan fingerprint density at radius 3 is 2.50 bits per heavy atom. The molecule has 1 aromatic rings. The fourth-order valence-electron chi connectivity index (χ4n) is 0.795. The summed E-state index contributed by atoms with van der Waals surface area (Å²) in [6, 6.07) is 8.47. The summed E-state index contributed by atoms with van der Waals surface area (Å²) in [4.78, 5) is 0. The molecule has 5 heteroatoms. The van der Waals surface area contributed by atoms with Gasteiger partial charge in [0.1, 0.15) is 6.23 Å². The smallest absolute Gasteiger partial charge is 0.140 e. The molecule has 0 aliphatic carbocycles. The van der Waals surface area contributed by atoms with Crippen LogP contribution in [0.3, 0.4) is 0 Å². The summed E-state index contributed by atoms with van der Waals surface area (Å²) in [5, 5.41) is 9.19. The zero-order valence-corrected chi connectivity index (χ0v) is 6.95. The summed E-state index contributed by atoms with van der Waals surface area (Å²) in [6.45, 7) is 0. The van der Waals surface area contributed by atoms with Gasteiger partial charge in [0.2, 0.25) is 0 Å². The van der Waals surface area contributed by atoms with Crippen LogP contribution in [0, 0.1) is 0 Å². The fraction of sp³-hybridized carbons (Fsp3) is 0.143. The van der Waals surface area contributed by atoms with E-state index in [0.29, 0.717) is 5.56 Å². The van der Waals surface area contributed by atoms with Crippen LogP contribution in [0.2, 0.25) is 0 Å². The van der Waals surface area contributed by atoms with Crippen LogP contribution in [0.4, 0.5) is 0 Å². The van der Waals surface area contributed by atoms with Crippen LogP contribution in [0.5, 0.6) is 0 Å². The van der Waals surface area contributed by atoms with Crippen molar-refractivity contribution in [3.8, 4) is 0 Å². The number of benzene rings is 1. The van der Waals surface area contributed by atoms with Crippen molar-refractivity contribution in [2.45, 2.75) is 6.23 Å². The molecule has 1 rings (SSSR count). The second-order valence-corrected chi connectivity index (χ2v) is 2.87. The van der Waals surface area contributed by atoms with E-state index in [1.54, 1.807) is 30.3 Å². The molecule has 4 nitrogen and oxygen atoms in total. The molecule has 0 heterocycles. The van der Waals surface area contributed by atoms with Crippen molar-refractivity contribution in [1.82, 2.24) is 4.72 Å². The van der Waals surface area contributed by atoms with Crippen molar-refractivity contribution in [1.29, 1.82) is 0 Å². The Bertz CT molecular complexity index is 265. The molecule has 0 saturated heterocycles. The highest BCUT2D eigenvalue weighted by molar-refractivity contribution is 7.77. The summed E-state index contributed by atoms with van der Waals surface area (Å²) in [5.41, 5.74) is 0.515. The summed E-state index contributed by atoms with van der Waals surface area (Å²) < 4.78 is 22.2. The van der Waals surface area contributed by atoms with E-state index in [0.717, 1.165) is 0 Å². The van der Waals surface area contributed by atoms with Crippen molar-refractivity contribution in [3.05, 3.63) is 35.9 Å². The molecule has 0 saturated carbocycles. The van der Waals surface area contributed by atoms with Gasteiger partial charge in [-0.15, -0.1) is 0 Å². The van der Waals surface area contributed by atoms with Gasteiger partial charge in [-0.3, -0.25) is 4.21 Å². The molecule has 1 aromatic carbocycles. The first-order chi connectivity index (χ1) is 5.70. The number of hydrogen-bond donors (Lipinski definition) is 2. The van der Waals surface area contributed by atoms with Gasteiger partial charge >= 0.3 is 0 Å². The summed E-state index contributed by atoms with van der Waals surface area (Å²) in [6.07, 6.45) is -1.16. The third kappa shape index (κ3) is 2.71. The first-order valence-electron chi connectivity index (χ1n) is 3.28. The van der Waals surface area contributed by atoms with Crippen LogP contribution in [-0.4, -0.2) is 13.9 Å². The lowest BCUT2D eigenvalue weighted by atomic mass is 10.2. The molecule has 0 amide bonds. The van der Waals surface area contributed by atoms with Crippen molar-refractivity contribution >= 4 is 11.3 Å². The minimum Gasteiger partial charge on any atom is -0.760 e. The molecule has 12 heavy (non-hydrogen) atoms. The molecular formula is C7H8NO3S-. The lowest BCUT2D eigenvalue weighted by Gasteiger charge is -2.14. The lowest BCUT2D eigenvalue weighted by molar-refractivity contribution is 0.165. The van der Waals surface area contributed by atoms with Crippen LogP contribution in [0.1, 0.15) is 11.8 Å². The Labute approximate surface area is 72.7 Å². The zero-order valence-electron chi connectivity index (χ0n) is 6.14. The maximum atomic E-state index is 10.1. The predicted molar refractivity (Wildman–Crippen MR) is 43.5 cm³/mol. The fourth-order valence-corrected chi connectivity index (χ4v) is 1.11. The highest BCUT2D eigenvalue weighted by atomic mass is 32.2. The van der Waals surface area contributed by atoms with Crippen molar-refractivity contribution in [3.63, 3.8) is 0 Å². The molecule has 0 aromatic heterocycles. The molecule has 2 atom stereocenters. The van der Waals surface area contributed by atoms with E-state index in [1.165, 1.54) is 0 Å². The van der Waals surface area contributed by atoms with E-state index in [2.05, 4.69) is 0 Å². The predicted octanol–water partition coefficient (Wildman–Crippen LogP) is 0.0612. The largest absolute Gasteiger partial charge is 0.760 e. The Balaban J connectivity index is 2.65. The van der Waals surface area contributed by atoms with Gasteiger partial charge in [-0.2, -0.15) is 0 Å². The quantitative estimate of drug-likeness (QED) is 0.518. The van der Waals surface area contributed by atoms with Crippen molar-refractivity contribution in [2.24, 2.45) is 0 Å². The average molecular weight is 186 g/mol. The molecule has 0 fully saturated rings. The van der Waals surface area contributed by atoms with Gasteiger partial charge in [0.15, 0.2) is 0 Å². The van der Waals surface area contributed by atoms with Gasteiger partial charge in [-0.25, -0.2) is 4.72 Å². The second-order valence-electron chi connectivity index (χ2n) is 2.17. The first kappa shape index (κ1) is 9.34. The monoisotopic (exact) mass is 186 g/mol. The lowest BCUT2D eigenvalue weighted by Crippen LogP contribution is -2.22. The molecular weight excluding hydrogens is 178 g/mol. The highest BCUT2D eigenvalue weighted by Crippen LogP contribution is 2.08.